The summed E-state index contributed by atoms with van der Waals surface area (Å²) in [5.74, 6) is 1.54. The van der Waals surface area contributed by atoms with E-state index in [0.29, 0.717) is 24.3 Å². The summed E-state index contributed by atoms with van der Waals surface area (Å²) in [7, 11) is -2.31. The average Bonchev–Trinajstić information content (AvgIpc) is 2.64. The molecule has 0 heterocycles. The van der Waals surface area contributed by atoms with Crippen LogP contribution >= 0.6 is 11.6 Å². The van der Waals surface area contributed by atoms with E-state index in [9.17, 15) is 21.6 Å². The summed E-state index contributed by atoms with van der Waals surface area (Å²) in [6.07, 6.45) is 4.65. The van der Waals surface area contributed by atoms with Crippen molar-refractivity contribution < 1.29 is 21.6 Å². The molecule has 0 N–H and O–H groups in total. The van der Waals surface area contributed by atoms with E-state index >= 15 is 0 Å². The molecule has 0 amide bonds. The molecule has 152 valence electrons. The molecule has 0 radical (unpaired) electrons. The molecule has 0 saturated heterocycles. The van der Waals surface area contributed by atoms with Gasteiger partial charge in [0.25, 0.3) is 0 Å². The fraction of sp³-hybridized carbons (Fsp3) is 0.579. The molecule has 0 atom stereocenters. The predicted octanol–water partition coefficient (Wildman–Crippen LogP) is 5.32. The summed E-state index contributed by atoms with van der Waals surface area (Å²) < 4.78 is 64.2. The molecule has 1 fully saturated rings. The number of hydrogen-bond donors (Lipinski definition) is 0. The van der Waals surface area contributed by atoms with Crippen LogP contribution < -0.4 is 0 Å². The van der Waals surface area contributed by atoms with Gasteiger partial charge in [-0.05, 0) is 68.2 Å². The van der Waals surface area contributed by atoms with Crippen molar-refractivity contribution in [3.05, 3.63) is 42.0 Å². The maximum absolute atomic E-state index is 12.6. The summed E-state index contributed by atoms with van der Waals surface area (Å²) >= 11 is 5.65. The van der Waals surface area contributed by atoms with Crippen LogP contribution in [0.1, 0.15) is 37.7 Å². The van der Waals surface area contributed by atoms with Crippen molar-refractivity contribution in [3.63, 3.8) is 0 Å². The largest absolute Gasteiger partial charge is 0.416 e. The number of sulfonamides is 1. The van der Waals surface area contributed by atoms with E-state index in [1.54, 1.807) is 0 Å². The third kappa shape index (κ3) is 6.22. The van der Waals surface area contributed by atoms with Crippen LogP contribution in [-0.2, 0) is 16.2 Å². The minimum Gasteiger partial charge on any atom is -0.207 e. The fourth-order valence-corrected chi connectivity index (χ4v) is 4.68. The molecule has 0 bridgehead atoms. The second-order valence-electron chi connectivity index (χ2n) is 7.00. The van der Waals surface area contributed by atoms with Crippen molar-refractivity contribution >= 4 is 21.6 Å². The van der Waals surface area contributed by atoms with Crippen molar-refractivity contribution in [3.8, 4) is 0 Å². The van der Waals surface area contributed by atoms with Gasteiger partial charge in [-0.2, -0.15) is 13.2 Å². The Kier molecular flexibility index (Phi) is 7.77. The second kappa shape index (κ2) is 9.43. The van der Waals surface area contributed by atoms with E-state index in [1.165, 1.54) is 11.4 Å². The van der Waals surface area contributed by atoms with Crippen LogP contribution in [0.3, 0.4) is 0 Å². The van der Waals surface area contributed by atoms with E-state index < -0.39 is 21.8 Å². The van der Waals surface area contributed by atoms with Gasteiger partial charge >= 0.3 is 6.18 Å². The Morgan fingerprint density at radius 1 is 1.15 bits per heavy atom. The minimum absolute atomic E-state index is 0.118. The van der Waals surface area contributed by atoms with Crippen molar-refractivity contribution in [2.45, 2.75) is 43.2 Å². The average molecular weight is 424 g/mol. The molecule has 27 heavy (non-hydrogen) atoms. The van der Waals surface area contributed by atoms with Crippen molar-refractivity contribution in [2.24, 2.45) is 11.8 Å². The Morgan fingerprint density at radius 3 is 2.26 bits per heavy atom. The third-order valence-electron chi connectivity index (χ3n) is 5.13. The monoisotopic (exact) mass is 423 g/mol. The molecule has 1 aliphatic rings. The van der Waals surface area contributed by atoms with Crippen LogP contribution in [0.15, 0.2) is 41.3 Å². The lowest BCUT2D eigenvalue weighted by Gasteiger charge is -2.28. The predicted molar refractivity (Wildman–Crippen MR) is 101 cm³/mol. The van der Waals surface area contributed by atoms with E-state index in [-0.39, 0.29) is 4.90 Å². The van der Waals surface area contributed by atoms with Crippen molar-refractivity contribution in [2.75, 3.05) is 19.5 Å². The zero-order chi connectivity index (χ0) is 20.1. The van der Waals surface area contributed by atoms with Gasteiger partial charge in [0.05, 0.1) is 10.5 Å². The van der Waals surface area contributed by atoms with Crippen LogP contribution in [0.2, 0.25) is 0 Å². The Labute approximate surface area is 164 Å². The highest BCUT2D eigenvalue weighted by atomic mass is 35.5. The second-order valence-corrected chi connectivity index (χ2v) is 9.35. The standard InChI is InChI=1S/C19H25ClF3NO2S/c1-24(14-12-16-6-4-15(5-7-16)3-2-13-20)27(25,26)18-10-8-17(9-11-18)19(21,22)23/h2-3,8-11,15-16H,4-7,12-14H2,1H3/t15-,16-. The number of nitrogens with zero attached hydrogens (tertiary/aromatic N) is 1. The Hall–Kier alpha value is -1.05. The Bertz CT molecular complexity index is 724. The number of allylic oxidation sites excluding steroid dienone is 2. The molecule has 0 aromatic heterocycles. The first-order valence-electron chi connectivity index (χ1n) is 9.01. The van der Waals surface area contributed by atoms with E-state index in [4.69, 9.17) is 11.6 Å². The lowest BCUT2D eigenvalue weighted by Crippen LogP contribution is -2.29. The van der Waals surface area contributed by atoms with Gasteiger partial charge in [-0.1, -0.05) is 12.2 Å². The zero-order valence-corrected chi connectivity index (χ0v) is 16.8. The molecule has 0 unspecified atom stereocenters. The molecule has 1 aliphatic carbocycles. The first-order chi connectivity index (χ1) is 12.6. The molecule has 1 aromatic carbocycles. The molecule has 1 saturated carbocycles. The maximum atomic E-state index is 12.6. The van der Waals surface area contributed by atoms with E-state index in [0.717, 1.165) is 56.4 Å². The van der Waals surface area contributed by atoms with Crippen molar-refractivity contribution in [1.82, 2.24) is 4.31 Å². The number of benzene rings is 1. The third-order valence-corrected chi connectivity index (χ3v) is 7.18. The number of alkyl halides is 4. The van der Waals surface area contributed by atoms with E-state index in [2.05, 4.69) is 6.08 Å². The maximum Gasteiger partial charge on any atom is 0.416 e. The minimum atomic E-state index is -4.48. The first kappa shape index (κ1) is 22.2. The highest BCUT2D eigenvalue weighted by Gasteiger charge is 2.31. The van der Waals surface area contributed by atoms with Crippen LogP contribution in [0.25, 0.3) is 0 Å². The molecule has 0 aliphatic heterocycles. The van der Waals surface area contributed by atoms with E-state index in [1.807, 2.05) is 6.08 Å². The lowest BCUT2D eigenvalue weighted by molar-refractivity contribution is -0.137. The normalized spacial score (nSPS) is 21.9. The van der Waals surface area contributed by atoms with Crippen LogP contribution in [0.4, 0.5) is 13.2 Å². The summed E-state index contributed by atoms with van der Waals surface area (Å²) in [6, 6.07) is 3.64. The molecule has 0 spiro atoms. The van der Waals surface area contributed by atoms with Crippen LogP contribution in [0, 0.1) is 11.8 Å². The SMILES string of the molecule is CN(CC[C@H]1CC[C@H](C=CCCl)CC1)S(=O)(=O)c1ccc(C(F)(F)F)cc1. The molecule has 8 heteroatoms. The smallest absolute Gasteiger partial charge is 0.207 e. The summed E-state index contributed by atoms with van der Waals surface area (Å²) in [4.78, 5) is -0.118. The quantitative estimate of drug-likeness (QED) is 0.439. The number of halogens is 4. The zero-order valence-electron chi connectivity index (χ0n) is 15.3. The van der Waals surface area contributed by atoms with Gasteiger partial charge in [-0.3, -0.25) is 0 Å². The van der Waals surface area contributed by atoms with Gasteiger partial charge in [-0.15, -0.1) is 11.6 Å². The molecular weight excluding hydrogens is 399 g/mol. The summed E-state index contributed by atoms with van der Waals surface area (Å²) in [6.45, 7) is 0.357. The number of rotatable bonds is 7. The van der Waals surface area contributed by atoms with Gasteiger partial charge in [0, 0.05) is 19.5 Å². The molecule has 1 aromatic rings. The van der Waals surface area contributed by atoms with Crippen molar-refractivity contribution in [1.29, 1.82) is 0 Å². The van der Waals surface area contributed by atoms with Gasteiger partial charge in [0.1, 0.15) is 0 Å². The van der Waals surface area contributed by atoms with Gasteiger partial charge in [0.15, 0.2) is 0 Å². The molecule has 2 rings (SSSR count). The highest BCUT2D eigenvalue weighted by molar-refractivity contribution is 7.89. The summed E-state index contributed by atoms with van der Waals surface area (Å²) in [5, 5.41) is 0. The Morgan fingerprint density at radius 2 is 1.74 bits per heavy atom. The fourth-order valence-electron chi connectivity index (χ4n) is 3.39. The lowest BCUT2D eigenvalue weighted by atomic mass is 9.80. The topological polar surface area (TPSA) is 37.4 Å². The van der Waals surface area contributed by atoms with Crippen LogP contribution in [0.5, 0.6) is 0 Å². The van der Waals surface area contributed by atoms with Gasteiger partial charge in [0.2, 0.25) is 10.0 Å². The molecular formula is C19H25ClF3NO2S. The van der Waals surface area contributed by atoms with Crippen LogP contribution in [-0.4, -0.2) is 32.2 Å². The number of hydrogen-bond acceptors (Lipinski definition) is 2. The molecule has 3 nitrogen and oxygen atoms in total. The van der Waals surface area contributed by atoms with Gasteiger partial charge in [-0.25, -0.2) is 12.7 Å². The first-order valence-corrected chi connectivity index (χ1v) is 11.0. The summed E-state index contributed by atoms with van der Waals surface area (Å²) in [5.41, 5.74) is -0.857. The van der Waals surface area contributed by atoms with Gasteiger partial charge < -0.3 is 0 Å². The Balaban J connectivity index is 1.89. The highest BCUT2D eigenvalue weighted by Crippen LogP contribution is 2.32.